The minimum absolute atomic E-state index is 0.386. The van der Waals surface area contributed by atoms with E-state index >= 15 is 0 Å². The molecule has 1 aliphatic rings. The highest BCUT2D eigenvalue weighted by Gasteiger charge is 2.28. The zero-order chi connectivity index (χ0) is 11.7. The summed E-state index contributed by atoms with van der Waals surface area (Å²) in [5.41, 5.74) is 2.25. The lowest BCUT2D eigenvalue weighted by atomic mass is 10.0. The van der Waals surface area contributed by atoms with Crippen molar-refractivity contribution in [1.29, 1.82) is 0 Å². The number of hydrogen-bond acceptors (Lipinski definition) is 2. The molecule has 17 heavy (non-hydrogen) atoms. The summed E-state index contributed by atoms with van der Waals surface area (Å²) < 4.78 is 0. The molecule has 2 heteroatoms. The minimum atomic E-state index is 0.386. The van der Waals surface area contributed by atoms with Crippen LogP contribution in [0.2, 0.25) is 0 Å². The van der Waals surface area contributed by atoms with Crippen molar-refractivity contribution in [2.24, 2.45) is 5.92 Å². The molecule has 1 aromatic carbocycles. The second kappa shape index (κ2) is 4.28. The molecule has 0 N–H and O–H groups in total. The van der Waals surface area contributed by atoms with Crippen LogP contribution in [0.15, 0.2) is 36.5 Å². The third kappa shape index (κ3) is 2.36. The molecule has 86 valence electrons. The second-order valence-electron chi connectivity index (χ2n) is 4.77. The van der Waals surface area contributed by atoms with Gasteiger partial charge in [-0.2, -0.15) is 0 Å². The molecule has 0 aliphatic heterocycles. The topological polar surface area (TPSA) is 30.0 Å². The van der Waals surface area contributed by atoms with Crippen LogP contribution in [-0.2, 0) is 11.2 Å². The van der Waals surface area contributed by atoms with Gasteiger partial charge in [0.25, 0.3) is 0 Å². The third-order valence-electron chi connectivity index (χ3n) is 3.36. The minimum Gasteiger partial charge on any atom is -0.299 e. The van der Waals surface area contributed by atoms with Crippen molar-refractivity contribution >= 4 is 16.7 Å². The van der Waals surface area contributed by atoms with Crippen molar-refractivity contribution in [1.82, 2.24) is 4.98 Å². The van der Waals surface area contributed by atoms with E-state index < -0.39 is 0 Å². The Morgan fingerprint density at radius 1 is 1.29 bits per heavy atom. The fourth-order valence-corrected chi connectivity index (χ4v) is 2.16. The zero-order valence-electron chi connectivity index (χ0n) is 9.73. The summed E-state index contributed by atoms with van der Waals surface area (Å²) >= 11 is 0. The lowest BCUT2D eigenvalue weighted by Gasteiger charge is -2.02. The summed E-state index contributed by atoms with van der Waals surface area (Å²) in [7, 11) is 0. The van der Waals surface area contributed by atoms with Gasteiger partial charge in [0, 0.05) is 23.9 Å². The van der Waals surface area contributed by atoms with E-state index in [4.69, 9.17) is 0 Å². The number of carbonyl (C=O) groups excluding carboxylic acids is 1. The normalized spacial score (nSPS) is 15.1. The standard InChI is InChI=1S/C15H15NO/c17-15(12-5-6-12)8-4-11-3-7-14-13(10-11)2-1-9-16-14/h1-3,7,9-10,12H,4-6,8H2. The molecule has 1 heterocycles. The van der Waals surface area contributed by atoms with E-state index in [-0.39, 0.29) is 0 Å². The van der Waals surface area contributed by atoms with E-state index in [1.807, 2.05) is 12.1 Å². The van der Waals surface area contributed by atoms with Crippen LogP contribution in [0.3, 0.4) is 0 Å². The number of nitrogens with zero attached hydrogens (tertiary/aromatic N) is 1. The average Bonchev–Trinajstić information content (AvgIpc) is 3.20. The van der Waals surface area contributed by atoms with Crippen LogP contribution in [0.25, 0.3) is 10.9 Å². The largest absolute Gasteiger partial charge is 0.299 e. The monoisotopic (exact) mass is 225 g/mol. The van der Waals surface area contributed by atoms with Crippen molar-refractivity contribution in [3.8, 4) is 0 Å². The third-order valence-corrected chi connectivity index (χ3v) is 3.36. The van der Waals surface area contributed by atoms with Crippen LogP contribution in [0.5, 0.6) is 0 Å². The number of hydrogen-bond donors (Lipinski definition) is 0. The van der Waals surface area contributed by atoms with E-state index in [1.165, 1.54) is 5.56 Å². The van der Waals surface area contributed by atoms with Gasteiger partial charge in [-0.15, -0.1) is 0 Å². The Morgan fingerprint density at radius 2 is 2.18 bits per heavy atom. The van der Waals surface area contributed by atoms with Crippen LogP contribution in [0, 0.1) is 5.92 Å². The number of fused-ring (bicyclic) bond motifs is 1. The number of carbonyl (C=O) groups is 1. The molecule has 1 aliphatic carbocycles. The summed E-state index contributed by atoms with van der Waals surface area (Å²) in [6.45, 7) is 0. The van der Waals surface area contributed by atoms with Gasteiger partial charge in [0.05, 0.1) is 5.52 Å². The Hall–Kier alpha value is -1.70. The number of ketones is 1. The Morgan fingerprint density at radius 3 is 3.00 bits per heavy atom. The van der Waals surface area contributed by atoms with Crippen LogP contribution >= 0.6 is 0 Å². The Kier molecular flexibility index (Phi) is 2.63. The van der Waals surface area contributed by atoms with Gasteiger partial charge in [0.15, 0.2) is 0 Å². The Balaban J connectivity index is 1.74. The zero-order valence-corrected chi connectivity index (χ0v) is 9.73. The Labute approximate surface area is 101 Å². The number of Topliss-reactive ketones (excluding diaryl/α,β-unsaturated/α-hetero) is 1. The van der Waals surface area contributed by atoms with Crippen LogP contribution in [-0.4, -0.2) is 10.8 Å². The summed E-state index contributed by atoms with van der Waals surface area (Å²) in [5.74, 6) is 0.827. The van der Waals surface area contributed by atoms with E-state index in [9.17, 15) is 4.79 Å². The number of aromatic nitrogens is 1. The van der Waals surface area contributed by atoms with Crippen LogP contribution in [0.4, 0.5) is 0 Å². The molecule has 1 saturated carbocycles. The molecule has 2 nitrogen and oxygen atoms in total. The molecule has 0 amide bonds. The molecule has 1 fully saturated rings. The van der Waals surface area contributed by atoms with Crippen molar-refractivity contribution in [3.63, 3.8) is 0 Å². The average molecular weight is 225 g/mol. The van der Waals surface area contributed by atoms with Gasteiger partial charge >= 0.3 is 0 Å². The van der Waals surface area contributed by atoms with Gasteiger partial charge in [-0.1, -0.05) is 12.1 Å². The van der Waals surface area contributed by atoms with Crippen LogP contribution < -0.4 is 0 Å². The van der Waals surface area contributed by atoms with E-state index in [0.29, 0.717) is 18.1 Å². The molecule has 0 atom stereocenters. The maximum absolute atomic E-state index is 11.6. The first kappa shape index (κ1) is 10.5. The molecule has 3 rings (SSSR count). The van der Waals surface area contributed by atoms with Gasteiger partial charge in [-0.3, -0.25) is 9.78 Å². The Bertz CT molecular complexity index is 558. The van der Waals surface area contributed by atoms with Crippen molar-refractivity contribution in [2.75, 3.05) is 0 Å². The number of rotatable bonds is 4. The molecule has 0 radical (unpaired) electrons. The van der Waals surface area contributed by atoms with Gasteiger partial charge < -0.3 is 0 Å². The molecule has 0 spiro atoms. The number of pyridine rings is 1. The summed E-state index contributed by atoms with van der Waals surface area (Å²) in [6.07, 6.45) is 5.58. The highest BCUT2D eigenvalue weighted by Crippen LogP contribution is 2.31. The summed E-state index contributed by atoms with van der Waals surface area (Å²) in [5, 5.41) is 1.16. The molecular formula is C15H15NO. The molecule has 0 saturated heterocycles. The number of aryl methyl sites for hydroxylation is 1. The highest BCUT2D eigenvalue weighted by atomic mass is 16.1. The summed E-state index contributed by atoms with van der Waals surface area (Å²) in [6, 6.07) is 10.3. The van der Waals surface area contributed by atoms with E-state index in [2.05, 4.69) is 23.2 Å². The van der Waals surface area contributed by atoms with Crippen molar-refractivity contribution < 1.29 is 4.79 Å². The second-order valence-corrected chi connectivity index (χ2v) is 4.77. The van der Waals surface area contributed by atoms with Crippen LogP contribution in [0.1, 0.15) is 24.8 Å². The lowest BCUT2D eigenvalue weighted by molar-refractivity contribution is -0.120. The molecule has 2 aromatic rings. The maximum Gasteiger partial charge on any atom is 0.136 e. The molecule has 0 bridgehead atoms. The fraction of sp³-hybridized carbons (Fsp3) is 0.333. The lowest BCUT2D eigenvalue weighted by Crippen LogP contribution is -2.01. The molecule has 1 aromatic heterocycles. The van der Waals surface area contributed by atoms with Gasteiger partial charge in [-0.05, 0) is 43.0 Å². The summed E-state index contributed by atoms with van der Waals surface area (Å²) in [4.78, 5) is 15.9. The van der Waals surface area contributed by atoms with Crippen molar-refractivity contribution in [2.45, 2.75) is 25.7 Å². The SMILES string of the molecule is O=C(CCc1ccc2ncccc2c1)C1CC1. The van der Waals surface area contributed by atoms with Gasteiger partial charge in [0.1, 0.15) is 5.78 Å². The molecular weight excluding hydrogens is 210 g/mol. The van der Waals surface area contributed by atoms with Gasteiger partial charge in [0.2, 0.25) is 0 Å². The predicted molar refractivity (Wildman–Crippen MR) is 67.8 cm³/mol. The fourth-order valence-electron chi connectivity index (χ4n) is 2.16. The first-order valence-corrected chi connectivity index (χ1v) is 6.19. The van der Waals surface area contributed by atoms with Crippen molar-refractivity contribution in [3.05, 3.63) is 42.1 Å². The van der Waals surface area contributed by atoms with E-state index in [0.717, 1.165) is 30.2 Å². The number of benzene rings is 1. The smallest absolute Gasteiger partial charge is 0.136 e. The first-order valence-electron chi connectivity index (χ1n) is 6.19. The van der Waals surface area contributed by atoms with E-state index in [1.54, 1.807) is 6.20 Å². The quantitative estimate of drug-likeness (QED) is 0.800. The van der Waals surface area contributed by atoms with Gasteiger partial charge in [-0.25, -0.2) is 0 Å². The first-order chi connectivity index (χ1) is 8.33. The molecule has 0 unspecified atom stereocenters. The maximum atomic E-state index is 11.6. The highest BCUT2D eigenvalue weighted by molar-refractivity contribution is 5.83. The predicted octanol–water partition coefficient (Wildman–Crippen LogP) is 3.15.